The Hall–Kier alpha value is -1.67. The third-order valence-electron chi connectivity index (χ3n) is 12.0. The Morgan fingerprint density at radius 1 is 0.484 bits per heavy atom. The van der Waals surface area contributed by atoms with Gasteiger partial charge in [0.2, 0.25) is 0 Å². The Morgan fingerprint density at radius 3 is 1.28 bits per heavy atom. The molecule has 0 aromatic rings. The number of esters is 2. The third-order valence-corrected chi connectivity index (χ3v) is 13.0. The zero-order chi connectivity index (χ0) is 47.1. The maximum atomic E-state index is 12.8. The van der Waals surface area contributed by atoms with Crippen LogP contribution in [0.3, 0.4) is 0 Å². The highest BCUT2D eigenvalue weighted by Gasteiger charge is 2.51. The molecule has 6 atom stereocenters. The number of hydrogen-bond donors (Lipinski definition) is 6. The first-order chi connectivity index (χ1) is 30.9. The standard InChI is InChI=1S/C50H93O13P/c1-3-5-7-9-11-13-15-17-19-21-22-23-25-26-28-30-32-34-36-38-43(51)60-40-42(41-61-64(58,59)63-50-48(56)46(54)45(53)47(55)49(50)57)62-44(52)39-37-35-33-31-29-27-24-20-18-16-14-12-10-8-6-4-2/h14,16,20,24,42,45-50,53-57H,3-13,15,17-19,21-23,25-41H2,1-2H3,(H,58,59)/b16-14-,24-20-. The first-order valence-electron chi connectivity index (χ1n) is 25.6. The van der Waals surface area contributed by atoms with Crippen LogP contribution in [-0.2, 0) is 32.7 Å². The van der Waals surface area contributed by atoms with Gasteiger partial charge in [-0.1, -0.05) is 192 Å². The van der Waals surface area contributed by atoms with Crippen molar-refractivity contribution in [2.24, 2.45) is 0 Å². The van der Waals surface area contributed by atoms with Crippen LogP contribution in [0, 0.1) is 0 Å². The molecule has 376 valence electrons. The van der Waals surface area contributed by atoms with E-state index in [0.29, 0.717) is 12.8 Å². The number of aliphatic hydroxyl groups is 5. The average Bonchev–Trinajstić information content (AvgIpc) is 3.28. The molecule has 0 heterocycles. The van der Waals surface area contributed by atoms with Crippen molar-refractivity contribution in [1.82, 2.24) is 0 Å². The Balaban J connectivity index is 2.40. The number of phosphoric acid groups is 1. The van der Waals surface area contributed by atoms with Crippen LogP contribution in [0.2, 0.25) is 0 Å². The first kappa shape index (κ1) is 60.3. The summed E-state index contributed by atoms with van der Waals surface area (Å²) in [5.74, 6) is -1.10. The van der Waals surface area contributed by atoms with Gasteiger partial charge in [-0.2, -0.15) is 0 Å². The fraction of sp³-hybridized carbons (Fsp3) is 0.880. The molecule has 6 unspecified atom stereocenters. The lowest BCUT2D eigenvalue weighted by Crippen LogP contribution is -2.64. The predicted molar refractivity (Wildman–Crippen MR) is 254 cm³/mol. The van der Waals surface area contributed by atoms with Gasteiger partial charge in [-0.15, -0.1) is 0 Å². The third kappa shape index (κ3) is 32.1. The monoisotopic (exact) mass is 933 g/mol. The van der Waals surface area contributed by atoms with Crippen molar-refractivity contribution in [3.8, 4) is 0 Å². The molecule has 1 aliphatic carbocycles. The minimum Gasteiger partial charge on any atom is -0.462 e. The number of carbonyl (C=O) groups is 2. The van der Waals surface area contributed by atoms with Crippen molar-refractivity contribution in [3.05, 3.63) is 24.3 Å². The van der Waals surface area contributed by atoms with E-state index in [2.05, 4.69) is 38.2 Å². The molecular weight excluding hydrogens is 840 g/mol. The highest BCUT2D eigenvalue weighted by Crippen LogP contribution is 2.47. The van der Waals surface area contributed by atoms with E-state index >= 15 is 0 Å². The zero-order valence-electron chi connectivity index (χ0n) is 40.1. The zero-order valence-corrected chi connectivity index (χ0v) is 41.0. The highest BCUT2D eigenvalue weighted by atomic mass is 31.2. The van der Waals surface area contributed by atoms with Crippen molar-refractivity contribution < 1.29 is 63.1 Å². The maximum Gasteiger partial charge on any atom is 0.472 e. The van der Waals surface area contributed by atoms with E-state index in [-0.39, 0.29) is 12.8 Å². The van der Waals surface area contributed by atoms with E-state index in [4.69, 9.17) is 18.5 Å². The van der Waals surface area contributed by atoms with Crippen molar-refractivity contribution in [3.63, 3.8) is 0 Å². The van der Waals surface area contributed by atoms with Gasteiger partial charge in [0.25, 0.3) is 0 Å². The molecule has 14 heteroatoms. The highest BCUT2D eigenvalue weighted by molar-refractivity contribution is 7.47. The molecule has 0 radical (unpaired) electrons. The molecule has 0 bridgehead atoms. The van der Waals surface area contributed by atoms with E-state index in [0.717, 1.165) is 64.2 Å². The quantitative estimate of drug-likeness (QED) is 0.0146. The SMILES string of the molecule is CCCCCC/C=C\C/C=C\CCCCCCCC(=O)OC(COC(=O)CCCCCCCCCCCCCCCCCCCCC)COP(=O)(O)OC1C(O)C(O)C(O)C(O)C1O. The van der Waals surface area contributed by atoms with Gasteiger partial charge in [-0.25, -0.2) is 4.57 Å². The summed E-state index contributed by atoms with van der Waals surface area (Å²) >= 11 is 0. The predicted octanol–water partition coefficient (Wildman–Crippen LogP) is 10.8. The van der Waals surface area contributed by atoms with Crippen LogP contribution < -0.4 is 0 Å². The molecule has 0 saturated heterocycles. The molecule has 0 aromatic carbocycles. The number of ether oxygens (including phenoxy) is 2. The van der Waals surface area contributed by atoms with E-state index in [1.165, 1.54) is 122 Å². The normalized spacial score (nSPS) is 21.7. The summed E-state index contributed by atoms with van der Waals surface area (Å²) in [5, 5.41) is 50.2. The Bertz CT molecular complexity index is 1220. The van der Waals surface area contributed by atoms with Crippen LogP contribution in [0.5, 0.6) is 0 Å². The van der Waals surface area contributed by atoms with Gasteiger partial charge < -0.3 is 39.9 Å². The van der Waals surface area contributed by atoms with Gasteiger partial charge in [0.05, 0.1) is 6.61 Å². The van der Waals surface area contributed by atoms with E-state index in [1.807, 2.05) is 0 Å². The summed E-state index contributed by atoms with van der Waals surface area (Å²) in [6.07, 6.45) is 32.2. The maximum absolute atomic E-state index is 12.8. The van der Waals surface area contributed by atoms with Crippen LogP contribution in [0.15, 0.2) is 24.3 Å². The molecule has 1 rings (SSSR count). The molecule has 1 fully saturated rings. The molecule has 13 nitrogen and oxygen atoms in total. The first-order valence-corrected chi connectivity index (χ1v) is 27.1. The fourth-order valence-electron chi connectivity index (χ4n) is 7.91. The summed E-state index contributed by atoms with van der Waals surface area (Å²) in [4.78, 5) is 35.8. The average molecular weight is 933 g/mol. The number of phosphoric ester groups is 1. The lowest BCUT2D eigenvalue weighted by Gasteiger charge is -2.41. The molecule has 0 spiro atoms. The molecule has 1 aliphatic rings. The molecular formula is C50H93O13P. The number of hydrogen-bond acceptors (Lipinski definition) is 12. The summed E-state index contributed by atoms with van der Waals surface area (Å²) in [7, 11) is -5.12. The van der Waals surface area contributed by atoms with Gasteiger partial charge in [0.15, 0.2) is 6.10 Å². The van der Waals surface area contributed by atoms with Crippen molar-refractivity contribution in [2.75, 3.05) is 13.2 Å². The van der Waals surface area contributed by atoms with Crippen LogP contribution in [0.4, 0.5) is 0 Å². The summed E-state index contributed by atoms with van der Waals surface area (Å²) < 4.78 is 33.6. The lowest BCUT2D eigenvalue weighted by atomic mass is 9.85. The van der Waals surface area contributed by atoms with Crippen molar-refractivity contribution >= 4 is 19.8 Å². The minimum atomic E-state index is -5.12. The van der Waals surface area contributed by atoms with Gasteiger partial charge in [-0.05, 0) is 44.9 Å². The number of carbonyl (C=O) groups excluding carboxylic acids is 2. The van der Waals surface area contributed by atoms with E-state index in [1.54, 1.807) is 0 Å². The summed E-state index contributed by atoms with van der Waals surface area (Å²) in [6.45, 7) is 3.30. The number of rotatable bonds is 43. The van der Waals surface area contributed by atoms with Crippen LogP contribution in [0.25, 0.3) is 0 Å². The minimum absolute atomic E-state index is 0.0837. The van der Waals surface area contributed by atoms with Gasteiger partial charge in [0.1, 0.15) is 43.2 Å². The number of allylic oxidation sites excluding steroid dienone is 4. The van der Waals surface area contributed by atoms with E-state index in [9.17, 15) is 44.6 Å². The number of unbranched alkanes of at least 4 members (excludes halogenated alkanes) is 27. The largest absolute Gasteiger partial charge is 0.472 e. The van der Waals surface area contributed by atoms with Crippen molar-refractivity contribution in [2.45, 2.75) is 268 Å². The Labute approximate surface area is 387 Å². The van der Waals surface area contributed by atoms with Crippen LogP contribution in [-0.4, -0.2) is 98.3 Å². The van der Waals surface area contributed by atoms with Gasteiger partial charge >= 0.3 is 19.8 Å². The molecule has 0 aromatic heterocycles. The second-order valence-corrected chi connectivity index (χ2v) is 19.4. The van der Waals surface area contributed by atoms with Gasteiger partial charge in [0, 0.05) is 12.8 Å². The smallest absolute Gasteiger partial charge is 0.462 e. The molecule has 0 aliphatic heterocycles. The number of aliphatic hydroxyl groups excluding tert-OH is 5. The van der Waals surface area contributed by atoms with Crippen molar-refractivity contribution in [1.29, 1.82) is 0 Å². The second-order valence-electron chi connectivity index (χ2n) is 18.0. The van der Waals surface area contributed by atoms with Crippen LogP contribution in [0.1, 0.15) is 226 Å². The Morgan fingerprint density at radius 2 is 0.844 bits per heavy atom. The van der Waals surface area contributed by atoms with Crippen LogP contribution >= 0.6 is 7.82 Å². The molecule has 0 amide bonds. The van der Waals surface area contributed by atoms with E-state index < -0.39 is 75.7 Å². The molecule has 1 saturated carbocycles. The summed E-state index contributed by atoms with van der Waals surface area (Å²) in [6, 6.07) is 0. The lowest BCUT2D eigenvalue weighted by molar-refractivity contribution is -0.220. The molecule has 64 heavy (non-hydrogen) atoms. The molecule has 6 N–H and O–H groups in total. The topological polar surface area (TPSA) is 210 Å². The van der Waals surface area contributed by atoms with Gasteiger partial charge in [-0.3, -0.25) is 18.6 Å². The fourth-order valence-corrected chi connectivity index (χ4v) is 8.88. The second kappa shape index (κ2) is 40.4. The summed E-state index contributed by atoms with van der Waals surface area (Å²) in [5.41, 5.74) is 0. The Kier molecular flexibility index (Phi) is 38.1.